The van der Waals surface area contributed by atoms with Gasteiger partial charge in [-0.2, -0.15) is 0 Å². The van der Waals surface area contributed by atoms with Gasteiger partial charge in [-0.25, -0.2) is 14.8 Å². The predicted molar refractivity (Wildman–Crippen MR) is 130 cm³/mol. The molecule has 2 aromatic carbocycles. The number of aromatic nitrogens is 2. The molecule has 0 N–H and O–H groups in total. The highest BCUT2D eigenvalue weighted by Crippen LogP contribution is 2.38. The second kappa shape index (κ2) is 9.33. The maximum absolute atomic E-state index is 13.3. The fourth-order valence-electron chi connectivity index (χ4n) is 4.13. The molecule has 166 valence electrons. The summed E-state index contributed by atoms with van der Waals surface area (Å²) in [5.41, 5.74) is 4.29. The van der Waals surface area contributed by atoms with E-state index in [1.54, 1.807) is 16.2 Å². The molecule has 4 aromatic rings. The lowest BCUT2D eigenvalue weighted by atomic mass is 9.94. The summed E-state index contributed by atoms with van der Waals surface area (Å²) in [4.78, 5) is 37.2. The number of carbonyl (C=O) groups excluding carboxylic acids is 2. The van der Waals surface area contributed by atoms with Gasteiger partial charge in [0, 0.05) is 23.9 Å². The van der Waals surface area contributed by atoms with E-state index < -0.39 is 12.0 Å². The Balaban J connectivity index is 1.41. The van der Waals surface area contributed by atoms with Gasteiger partial charge in [0.05, 0.1) is 18.2 Å². The van der Waals surface area contributed by atoms with E-state index in [2.05, 4.69) is 27.5 Å². The molecule has 2 aromatic heterocycles. The number of hydrogen-bond acceptors (Lipinski definition) is 7. The third-order valence-electron chi connectivity index (χ3n) is 5.79. The van der Waals surface area contributed by atoms with Crippen LogP contribution in [0.25, 0.3) is 21.3 Å². The van der Waals surface area contributed by atoms with E-state index in [0.717, 1.165) is 37.5 Å². The Hall–Kier alpha value is -3.23. The summed E-state index contributed by atoms with van der Waals surface area (Å²) < 4.78 is 5.00. The first-order valence-electron chi connectivity index (χ1n) is 10.5. The molecule has 33 heavy (non-hydrogen) atoms. The molecule has 0 fully saturated rings. The number of esters is 1. The molecule has 1 amide bonds. The van der Waals surface area contributed by atoms with Gasteiger partial charge in [-0.05, 0) is 16.7 Å². The van der Waals surface area contributed by atoms with Gasteiger partial charge in [-0.3, -0.25) is 4.79 Å². The number of fused-ring (bicyclic) bond motifs is 2. The van der Waals surface area contributed by atoms with Crippen LogP contribution in [0.5, 0.6) is 0 Å². The van der Waals surface area contributed by atoms with Gasteiger partial charge in [0.2, 0.25) is 5.91 Å². The molecule has 1 atom stereocenters. The molecule has 0 bridgehead atoms. The zero-order valence-electron chi connectivity index (χ0n) is 17.9. The molecule has 0 spiro atoms. The number of thiophene rings is 1. The fourth-order valence-corrected chi connectivity index (χ4v) is 6.01. The van der Waals surface area contributed by atoms with E-state index in [1.807, 2.05) is 42.5 Å². The lowest BCUT2D eigenvalue weighted by Gasteiger charge is -2.35. The van der Waals surface area contributed by atoms with Crippen molar-refractivity contribution in [3.63, 3.8) is 0 Å². The number of amides is 1. The van der Waals surface area contributed by atoms with Crippen LogP contribution in [0.1, 0.15) is 11.1 Å². The van der Waals surface area contributed by atoms with Crippen molar-refractivity contribution in [3.8, 4) is 11.1 Å². The first kappa shape index (κ1) is 21.6. The van der Waals surface area contributed by atoms with E-state index in [9.17, 15) is 9.59 Å². The predicted octanol–water partition coefficient (Wildman–Crippen LogP) is 4.58. The maximum atomic E-state index is 13.3. The molecular formula is C25H21N3O3S2. The zero-order chi connectivity index (χ0) is 22.8. The number of carbonyl (C=O) groups is 2. The summed E-state index contributed by atoms with van der Waals surface area (Å²) in [5.74, 6) is -0.337. The summed E-state index contributed by atoms with van der Waals surface area (Å²) >= 11 is 2.94. The Morgan fingerprint density at radius 3 is 2.64 bits per heavy atom. The van der Waals surface area contributed by atoms with Crippen molar-refractivity contribution < 1.29 is 14.3 Å². The van der Waals surface area contributed by atoms with Gasteiger partial charge < -0.3 is 9.64 Å². The average Bonchev–Trinajstić information content (AvgIpc) is 3.31. The minimum absolute atomic E-state index is 0.117. The smallest absolute Gasteiger partial charge is 0.328 e. The van der Waals surface area contributed by atoms with Crippen molar-refractivity contribution in [1.29, 1.82) is 0 Å². The maximum Gasteiger partial charge on any atom is 0.328 e. The Morgan fingerprint density at radius 1 is 1.09 bits per heavy atom. The van der Waals surface area contributed by atoms with Crippen LogP contribution in [0.4, 0.5) is 0 Å². The molecule has 0 radical (unpaired) electrons. The standard InChI is InChI=1S/C25H21N3O3S2/c1-31-25(30)20-11-17-9-5-6-10-18(17)12-28(20)21(29)14-33-24-22-19(16-7-3-2-4-8-16)13-32-23(22)26-15-27-24/h2-10,13,15,20H,11-12,14H2,1H3/t20-/m1/s1. The summed E-state index contributed by atoms with van der Waals surface area (Å²) in [7, 11) is 1.36. The van der Waals surface area contributed by atoms with E-state index >= 15 is 0 Å². The molecule has 8 heteroatoms. The van der Waals surface area contributed by atoms with Crippen LogP contribution in [-0.2, 0) is 27.3 Å². The third-order valence-corrected chi connectivity index (χ3v) is 7.66. The number of thioether (sulfide) groups is 1. The number of rotatable bonds is 5. The number of benzene rings is 2. The quantitative estimate of drug-likeness (QED) is 0.239. The van der Waals surface area contributed by atoms with E-state index in [-0.39, 0.29) is 11.7 Å². The minimum atomic E-state index is -0.621. The van der Waals surface area contributed by atoms with Gasteiger partial charge in [-0.1, -0.05) is 66.4 Å². The second-order valence-corrected chi connectivity index (χ2v) is 9.52. The highest BCUT2D eigenvalue weighted by Gasteiger charge is 2.35. The van der Waals surface area contributed by atoms with Crippen molar-refractivity contribution in [2.75, 3.05) is 12.9 Å². The van der Waals surface area contributed by atoms with Gasteiger partial charge in [0.15, 0.2) is 0 Å². The Bertz CT molecular complexity index is 1320. The zero-order valence-corrected chi connectivity index (χ0v) is 19.6. The molecule has 0 aliphatic carbocycles. The van der Waals surface area contributed by atoms with Gasteiger partial charge >= 0.3 is 5.97 Å². The molecule has 0 unspecified atom stereocenters. The summed E-state index contributed by atoms with van der Waals surface area (Å²) in [6.07, 6.45) is 1.99. The SMILES string of the molecule is COC(=O)[C@H]1Cc2ccccc2CN1C(=O)CSc1ncnc2scc(-c3ccccc3)c12. The number of hydrogen-bond donors (Lipinski definition) is 0. The molecule has 6 nitrogen and oxygen atoms in total. The van der Waals surface area contributed by atoms with E-state index in [0.29, 0.717) is 13.0 Å². The molecule has 1 aliphatic heterocycles. The van der Waals surface area contributed by atoms with Crippen LogP contribution in [0, 0.1) is 0 Å². The number of nitrogens with zero attached hydrogens (tertiary/aromatic N) is 3. The first-order valence-corrected chi connectivity index (χ1v) is 12.4. The third kappa shape index (κ3) is 4.24. The van der Waals surface area contributed by atoms with Crippen LogP contribution >= 0.6 is 23.1 Å². The van der Waals surface area contributed by atoms with Crippen LogP contribution in [-0.4, -0.2) is 45.6 Å². The molecule has 0 saturated carbocycles. The Morgan fingerprint density at radius 2 is 1.85 bits per heavy atom. The Labute approximate surface area is 199 Å². The van der Waals surface area contributed by atoms with Crippen LogP contribution in [0.3, 0.4) is 0 Å². The molecule has 0 saturated heterocycles. The average molecular weight is 476 g/mol. The van der Waals surface area contributed by atoms with E-state index in [1.165, 1.54) is 25.2 Å². The highest BCUT2D eigenvalue weighted by atomic mass is 32.2. The summed E-state index contributed by atoms with van der Waals surface area (Å²) in [5, 5.41) is 3.80. The summed E-state index contributed by atoms with van der Waals surface area (Å²) in [6.45, 7) is 0.391. The van der Waals surface area contributed by atoms with Gasteiger partial charge in [0.1, 0.15) is 22.2 Å². The van der Waals surface area contributed by atoms with Crippen molar-refractivity contribution >= 4 is 45.2 Å². The van der Waals surface area contributed by atoms with Crippen molar-refractivity contribution in [2.24, 2.45) is 0 Å². The lowest BCUT2D eigenvalue weighted by Crippen LogP contribution is -2.49. The summed E-state index contributed by atoms with van der Waals surface area (Å²) in [6, 6.07) is 17.4. The molecule has 5 rings (SSSR count). The largest absolute Gasteiger partial charge is 0.467 e. The van der Waals surface area contributed by atoms with Crippen molar-refractivity contribution in [2.45, 2.75) is 24.0 Å². The van der Waals surface area contributed by atoms with Crippen molar-refractivity contribution in [1.82, 2.24) is 14.9 Å². The normalized spacial score (nSPS) is 15.3. The first-order chi connectivity index (χ1) is 16.2. The van der Waals surface area contributed by atoms with Crippen LogP contribution < -0.4 is 0 Å². The van der Waals surface area contributed by atoms with Crippen LogP contribution in [0.2, 0.25) is 0 Å². The lowest BCUT2D eigenvalue weighted by molar-refractivity contribution is -0.153. The molecule has 3 heterocycles. The van der Waals surface area contributed by atoms with E-state index in [4.69, 9.17) is 4.74 Å². The van der Waals surface area contributed by atoms with Gasteiger partial charge in [-0.15, -0.1) is 11.3 Å². The van der Waals surface area contributed by atoms with Gasteiger partial charge in [0.25, 0.3) is 0 Å². The monoisotopic (exact) mass is 475 g/mol. The fraction of sp³-hybridized carbons (Fsp3) is 0.200. The topological polar surface area (TPSA) is 72.4 Å². The van der Waals surface area contributed by atoms with Crippen molar-refractivity contribution in [3.05, 3.63) is 77.4 Å². The molecular weight excluding hydrogens is 454 g/mol. The Kier molecular flexibility index (Phi) is 6.11. The molecule has 1 aliphatic rings. The second-order valence-electron chi connectivity index (χ2n) is 7.70. The number of ether oxygens (including phenoxy) is 1. The minimum Gasteiger partial charge on any atom is -0.467 e. The number of methoxy groups -OCH3 is 1. The van der Waals surface area contributed by atoms with Crippen LogP contribution in [0.15, 0.2) is 71.3 Å². The highest BCUT2D eigenvalue weighted by molar-refractivity contribution is 8.00.